The fourth-order valence-corrected chi connectivity index (χ4v) is 0. The molecule has 0 atom stereocenters. The average Bonchev–Trinajstić information content (AvgIpc) is 0.811. The second kappa shape index (κ2) is 4.09. The number of aliphatic carboxylic acids is 1. The Labute approximate surface area is 42.9 Å². The van der Waals surface area contributed by atoms with Crippen LogP contribution in [0.5, 0.6) is 0 Å². The summed E-state index contributed by atoms with van der Waals surface area (Å²) < 4.78 is 0. The van der Waals surface area contributed by atoms with E-state index in [-0.39, 0.29) is 19.5 Å². The predicted octanol–water partition coefficient (Wildman–Crippen LogP) is -1.25. The van der Waals surface area contributed by atoms with Crippen LogP contribution in [0.15, 0.2) is 0 Å². The Hall–Kier alpha value is 0.0934. The van der Waals surface area contributed by atoms with Gasteiger partial charge in [-0.1, -0.05) is 0 Å². The standard InChI is InChI=1S/C2H4O2.Rh/c1-2(3)4;/h1H3,(H,3,4);/p-1. The van der Waals surface area contributed by atoms with Crippen molar-refractivity contribution in [3.05, 3.63) is 0 Å². The van der Waals surface area contributed by atoms with Crippen molar-refractivity contribution in [3.8, 4) is 0 Å². The molecule has 2 nitrogen and oxygen atoms in total. The first-order valence-electron chi connectivity index (χ1n) is 0.908. The van der Waals surface area contributed by atoms with E-state index in [2.05, 4.69) is 0 Å². The zero-order valence-electron chi connectivity index (χ0n) is 2.65. The third-order valence-corrected chi connectivity index (χ3v) is 0. The fourth-order valence-electron chi connectivity index (χ4n) is 0. The Kier molecular flexibility index (Phi) is 7.30. The average molecular weight is 162 g/mol. The first-order valence-corrected chi connectivity index (χ1v) is 0.908. The molecule has 5 heavy (non-hydrogen) atoms. The Morgan fingerprint density at radius 1 is 1.80 bits per heavy atom. The van der Waals surface area contributed by atoms with Gasteiger partial charge in [0, 0.05) is 25.4 Å². The molecule has 0 aliphatic carbocycles. The van der Waals surface area contributed by atoms with E-state index in [4.69, 9.17) is 9.90 Å². The summed E-state index contributed by atoms with van der Waals surface area (Å²) in [6.45, 7) is 0.972. The maximum absolute atomic E-state index is 8.89. The molecule has 0 aliphatic heterocycles. The van der Waals surface area contributed by atoms with Gasteiger partial charge in [0.1, 0.15) is 0 Å². The quantitative estimate of drug-likeness (QED) is 0.417. The van der Waals surface area contributed by atoms with Crippen molar-refractivity contribution in [2.75, 3.05) is 0 Å². The molecule has 0 heterocycles. The minimum Gasteiger partial charge on any atom is -0.550 e. The summed E-state index contributed by atoms with van der Waals surface area (Å²) in [5, 5.41) is 8.89. The van der Waals surface area contributed by atoms with Gasteiger partial charge in [-0.15, -0.1) is 0 Å². The molecule has 0 amide bonds. The summed E-state index contributed by atoms with van der Waals surface area (Å²) >= 11 is 0. The molecule has 0 fully saturated rings. The second-order valence-corrected chi connectivity index (χ2v) is 0.492. The van der Waals surface area contributed by atoms with E-state index in [0.717, 1.165) is 6.92 Å². The molecule has 0 aromatic heterocycles. The summed E-state index contributed by atoms with van der Waals surface area (Å²) in [6, 6.07) is 0. The van der Waals surface area contributed by atoms with Gasteiger partial charge in [-0.3, -0.25) is 0 Å². The van der Waals surface area contributed by atoms with E-state index >= 15 is 0 Å². The van der Waals surface area contributed by atoms with Crippen LogP contribution in [0.25, 0.3) is 0 Å². The van der Waals surface area contributed by atoms with Gasteiger partial charge in [0.15, 0.2) is 0 Å². The normalized spacial score (nSPS) is 5.00. The smallest absolute Gasteiger partial charge is 0.0383 e. The van der Waals surface area contributed by atoms with E-state index in [0.29, 0.717) is 0 Å². The maximum Gasteiger partial charge on any atom is 0.0383 e. The molecule has 0 spiro atoms. The molecule has 0 saturated heterocycles. The molecule has 0 unspecified atom stereocenters. The Morgan fingerprint density at radius 2 is 1.80 bits per heavy atom. The Morgan fingerprint density at radius 3 is 1.80 bits per heavy atom. The molecule has 0 aromatic rings. The molecule has 0 rings (SSSR count). The fraction of sp³-hybridized carbons (Fsp3) is 0.500. The van der Waals surface area contributed by atoms with Crippen molar-refractivity contribution in [3.63, 3.8) is 0 Å². The van der Waals surface area contributed by atoms with Crippen LogP contribution in [0.1, 0.15) is 6.92 Å². The van der Waals surface area contributed by atoms with Crippen LogP contribution in [0.4, 0.5) is 0 Å². The van der Waals surface area contributed by atoms with Crippen molar-refractivity contribution in [2.45, 2.75) is 6.92 Å². The molecule has 0 bridgehead atoms. The summed E-state index contributed by atoms with van der Waals surface area (Å²) in [7, 11) is 0. The van der Waals surface area contributed by atoms with Gasteiger partial charge in [0.2, 0.25) is 0 Å². The monoisotopic (exact) mass is 162 g/mol. The zero-order valence-corrected chi connectivity index (χ0v) is 4.29. The van der Waals surface area contributed by atoms with Crippen LogP contribution < -0.4 is 5.11 Å². The van der Waals surface area contributed by atoms with Crippen molar-refractivity contribution in [1.82, 2.24) is 0 Å². The van der Waals surface area contributed by atoms with Gasteiger partial charge < -0.3 is 9.90 Å². The van der Waals surface area contributed by atoms with Gasteiger partial charge in [0.05, 0.1) is 0 Å². The number of hydrogen-bond acceptors (Lipinski definition) is 2. The van der Waals surface area contributed by atoms with Crippen LogP contribution in [0.2, 0.25) is 0 Å². The molecular weight excluding hydrogens is 159 g/mol. The predicted molar refractivity (Wildman–Crippen MR) is 10.7 cm³/mol. The van der Waals surface area contributed by atoms with Gasteiger partial charge in [-0.2, -0.15) is 0 Å². The van der Waals surface area contributed by atoms with Crippen molar-refractivity contribution in [1.29, 1.82) is 0 Å². The summed E-state index contributed by atoms with van der Waals surface area (Å²) in [5.74, 6) is -1.08. The molecule has 1 radical (unpaired) electrons. The van der Waals surface area contributed by atoms with Crippen LogP contribution in [-0.2, 0) is 24.3 Å². The van der Waals surface area contributed by atoms with E-state index in [9.17, 15) is 0 Å². The summed E-state index contributed by atoms with van der Waals surface area (Å²) in [5.41, 5.74) is 0. The molecule has 0 N–H and O–H groups in total. The van der Waals surface area contributed by atoms with Crippen molar-refractivity contribution >= 4 is 5.97 Å². The molecule has 33 valence electrons. The van der Waals surface area contributed by atoms with E-state index in [1.165, 1.54) is 0 Å². The number of carboxylic acid groups (broad SMARTS) is 1. The van der Waals surface area contributed by atoms with Crippen LogP contribution in [-0.4, -0.2) is 5.97 Å². The van der Waals surface area contributed by atoms with Gasteiger partial charge >= 0.3 is 0 Å². The zero-order chi connectivity index (χ0) is 3.58. The maximum atomic E-state index is 8.89. The topological polar surface area (TPSA) is 40.1 Å². The minimum absolute atomic E-state index is 0. The third-order valence-electron chi connectivity index (χ3n) is 0. The second-order valence-electron chi connectivity index (χ2n) is 0.492. The van der Waals surface area contributed by atoms with Gasteiger partial charge in [-0.05, 0) is 6.92 Å². The number of carbonyl (C=O) groups excluding carboxylic acids is 1. The van der Waals surface area contributed by atoms with Crippen molar-refractivity contribution < 1.29 is 29.4 Å². The number of rotatable bonds is 0. The number of carboxylic acids is 1. The summed E-state index contributed by atoms with van der Waals surface area (Å²) in [4.78, 5) is 8.89. The van der Waals surface area contributed by atoms with Crippen LogP contribution in [0, 0.1) is 0 Å². The first-order chi connectivity index (χ1) is 1.73. The number of carbonyl (C=O) groups is 1. The Bertz CT molecular complexity index is 30.6. The van der Waals surface area contributed by atoms with Crippen molar-refractivity contribution in [2.24, 2.45) is 0 Å². The molecule has 0 saturated carbocycles. The molecule has 3 heteroatoms. The number of hydrogen-bond donors (Lipinski definition) is 0. The van der Waals surface area contributed by atoms with E-state index in [1.807, 2.05) is 0 Å². The largest absolute Gasteiger partial charge is 0.550 e. The minimum atomic E-state index is -1.08. The van der Waals surface area contributed by atoms with E-state index < -0.39 is 5.97 Å². The van der Waals surface area contributed by atoms with Gasteiger partial charge in [0.25, 0.3) is 0 Å². The third kappa shape index (κ3) is 2060. The molecule has 0 aromatic carbocycles. The van der Waals surface area contributed by atoms with Crippen LogP contribution in [0.3, 0.4) is 0 Å². The molecular formula is C2H3O2Rh-. The first kappa shape index (κ1) is 8.92. The SMILES string of the molecule is CC(=O)[O-].[Rh]. The van der Waals surface area contributed by atoms with Gasteiger partial charge in [-0.25, -0.2) is 0 Å². The molecule has 0 aliphatic rings. The van der Waals surface area contributed by atoms with E-state index in [1.54, 1.807) is 0 Å². The Balaban J connectivity index is 0. The summed E-state index contributed by atoms with van der Waals surface area (Å²) in [6.07, 6.45) is 0. The van der Waals surface area contributed by atoms with Crippen LogP contribution >= 0.6 is 0 Å².